The summed E-state index contributed by atoms with van der Waals surface area (Å²) in [4.78, 5) is 21.9. The Kier molecular flexibility index (Phi) is 7.69. The summed E-state index contributed by atoms with van der Waals surface area (Å²) in [6.45, 7) is 3.23. The number of halogens is 2. The molecule has 0 bridgehead atoms. The van der Waals surface area contributed by atoms with Gasteiger partial charge in [-0.1, -0.05) is 17.7 Å². The van der Waals surface area contributed by atoms with E-state index in [9.17, 15) is 19.4 Å². The van der Waals surface area contributed by atoms with E-state index < -0.39 is 17.0 Å². The molecule has 204 valence electrons. The fourth-order valence-corrected chi connectivity index (χ4v) is 5.36. The molecule has 0 spiro atoms. The summed E-state index contributed by atoms with van der Waals surface area (Å²) in [5, 5.41) is 24.0. The number of carbonyl (C=O) groups is 1. The summed E-state index contributed by atoms with van der Waals surface area (Å²) in [5.74, 6) is -0.685. The van der Waals surface area contributed by atoms with Crippen molar-refractivity contribution in [2.75, 3.05) is 19.0 Å². The van der Waals surface area contributed by atoms with Crippen molar-refractivity contribution in [1.29, 1.82) is 0 Å². The van der Waals surface area contributed by atoms with Gasteiger partial charge in [-0.05, 0) is 68.7 Å². The van der Waals surface area contributed by atoms with Gasteiger partial charge in [-0.15, -0.1) is 0 Å². The number of allylic oxidation sites excluding steroid dienone is 2. The summed E-state index contributed by atoms with van der Waals surface area (Å²) in [6.07, 6.45) is 6.70. The van der Waals surface area contributed by atoms with Crippen molar-refractivity contribution < 1.29 is 24.1 Å². The second kappa shape index (κ2) is 10.5. The van der Waals surface area contributed by atoms with Crippen LogP contribution in [0.15, 0.2) is 47.6 Å². The molecule has 1 amide bonds. The molecule has 2 aromatic rings. The third-order valence-corrected chi connectivity index (χ3v) is 7.19. The molecule has 38 heavy (non-hydrogen) atoms. The highest BCUT2D eigenvalue weighted by atomic mass is 35.5. The lowest BCUT2D eigenvalue weighted by atomic mass is 9.91. The highest BCUT2D eigenvalue weighted by molar-refractivity contribution is 6.31. The predicted octanol–water partition coefficient (Wildman–Crippen LogP) is 3.67. The zero-order valence-electron chi connectivity index (χ0n) is 21.8. The summed E-state index contributed by atoms with van der Waals surface area (Å²) in [5.41, 5.74) is 6.42. The van der Waals surface area contributed by atoms with Crippen LogP contribution in [0, 0.1) is 17.7 Å². The number of aliphatic hydroxyl groups is 2. The molecule has 3 unspecified atom stereocenters. The number of anilines is 1. The molecule has 4 rings (SSSR count). The molecular formula is C27H33ClFN5O4. The lowest BCUT2D eigenvalue weighted by molar-refractivity contribution is 0.00239. The van der Waals surface area contributed by atoms with Crippen LogP contribution in [0.1, 0.15) is 49.3 Å². The zero-order chi connectivity index (χ0) is 27.8. The molecule has 9 nitrogen and oxygen atoms in total. The van der Waals surface area contributed by atoms with Gasteiger partial charge in [0.25, 0.3) is 5.91 Å². The number of nitrogens with one attached hydrogen (secondary N) is 1. The quantitative estimate of drug-likeness (QED) is 0.295. The molecule has 3 atom stereocenters. The van der Waals surface area contributed by atoms with Crippen molar-refractivity contribution in [3.8, 4) is 0 Å². The number of rotatable bonds is 8. The lowest BCUT2D eigenvalue weighted by Gasteiger charge is -2.24. The molecule has 1 aromatic carbocycles. The van der Waals surface area contributed by atoms with Crippen LogP contribution in [0.3, 0.4) is 0 Å². The summed E-state index contributed by atoms with van der Waals surface area (Å²) in [7, 11) is 3.33. The first-order valence-electron chi connectivity index (χ1n) is 12.3. The predicted molar refractivity (Wildman–Crippen MR) is 144 cm³/mol. The number of aryl methyl sites for hydroxylation is 1. The van der Waals surface area contributed by atoms with Crippen molar-refractivity contribution >= 4 is 34.5 Å². The fourth-order valence-electron chi connectivity index (χ4n) is 5.18. The Hall–Kier alpha value is -3.21. The van der Waals surface area contributed by atoms with Crippen LogP contribution in [0.25, 0.3) is 5.57 Å². The maximum atomic E-state index is 13.5. The number of imidazole rings is 1. The number of nitrogens with zero attached hydrogens (tertiary/aromatic N) is 3. The minimum Gasteiger partial charge on any atom is -0.476 e. The number of benzene rings is 1. The Morgan fingerprint density at radius 3 is 2.82 bits per heavy atom. The molecule has 1 heterocycles. The van der Waals surface area contributed by atoms with Gasteiger partial charge in [-0.3, -0.25) is 9.79 Å². The van der Waals surface area contributed by atoms with E-state index in [1.807, 2.05) is 0 Å². The first-order chi connectivity index (χ1) is 17.8. The number of aromatic nitrogens is 2. The number of amides is 1. The van der Waals surface area contributed by atoms with E-state index in [1.54, 1.807) is 38.8 Å². The van der Waals surface area contributed by atoms with Gasteiger partial charge in [0, 0.05) is 25.9 Å². The van der Waals surface area contributed by atoms with E-state index in [0.717, 1.165) is 5.57 Å². The van der Waals surface area contributed by atoms with Crippen LogP contribution >= 0.6 is 11.6 Å². The van der Waals surface area contributed by atoms with Crippen LogP contribution in [-0.4, -0.2) is 56.2 Å². The SMILES string of the molecule is CN=C(/C=C(\N)OCC(C)(C)O)C1(O)CC2C=C(c3ncn(C)c3C(=O)Nc3ccc(F)c(Cl)c3)CC2C1. The average Bonchev–Trinajstić information content (AvgIpc) is 3.49. The standard InChI is InChI=1S/C27H33ClFN5O4/c1-26(2,36)13-38-22(30)10-21(31-3)27(37)11-16-7-15(8-17(16)12-27)23-24(34(4)14-32-23)25(35)33-18-5-6-20(29)19(28)9-18/h5-7,9-10,14,16-17,36-37H,8,11-13,30H2,1-4H3,(H,33,35)/b22-10+,31-21?. The van der Waals surface area contributed by atoms with E-state index >= 15 is 0 Å². The number of hydrogen-bond acceptors (Lipinski definition) is 7. The molecule has 1 aromatic heterocycles. The third-order valence-electron chi connectivity index (χ3n) is 6.90. The Labute approximate surface area is 225 Å². The van der Waals surface area contributed by atoms with Crippen LogP contribution in [0.5, 0.6) is 0 Å². The molecule has 11 heteroatoms. The van der Waals surface area contributed by atoms with Crippen molar-refractivity contribution in [3.63, 3.8) is 0 Å². The molecule has 1 saturated carbocycles. The number of aliphatic imine (C=N–C) groups is 1. The molecule has 0 radical (unpaired) electrons. The largest absolute Gasteiger partial charge is 0.476 e. The number of fused-ring (bicyclic) bond motifs is 1. The minimum atomic E-state index is -1.18. The molecule has 0 aliphatic heterocycles. The van der Waals surface area contributed by atoms with Crippen LogP contribution in [0.2, 0.25) is 5.02 Å². The molecule has 1 fully saturated rings. The Morgan fingerprint density at radius 1 is 1.45 bits per heavy atom. The smallest absolute Gasteiger partial charge is 0.274 e. The zero-order valence-corrected chi connectivity index (χ0v) is 22.6. The van der Waals surface area contributed by atoms with Gasteiger partial charge in [0.1, 0.15) is 23.7 Å². The summed E-state index contributed by atoms with van der Waals surface area (Å²) < 4.78 is 20.6. The molecule has 0 saturated heterocycles. The molecule has 2 aliphatic rings. The van der Waals surface area contributed by atoms with Gasteiger partial charge in [0.05, 0.1) is 28.4 Å². The van der Waals surface area contributed by atoms with Crippen molar-refractivity contribution in [2.24, 2.45) is 29.6 Å². The maximum Gasteiger partial charge on any atom is 0.274 e. The topological polar surface area (TPSA) is 135 Å². The van der Waals surface area contributed by atoms with Gasteiger partial charge >= 0.3 is 0 Å². The first kappa shape index (κ1) is 27.8. The maximum absolute atomic E-state index is 13.5. The Bertz CT molecular complexity index is 1330. The van der Waals surface area contributed by atoms with E-state index in [0.29, 0.717) is 42.0 Å². The van der Waals surface area contributed by atoms with E-state index in [2.05, 4.69) is 21.4 Å². The minimum absolute atomic E-state index is 0.0102. The van der Waals surface area contributed by atoms with E-state index in [-0.39, 0.29) is 35.3 Å². The molecular weight excluding hydrogens is 513 g/mol. The van der Waals surface area contributed by atoms with Crippen molar-refractivity contribution in [2.45, 2.75) is 44.3 Å². The first-order valence-corrected chi connectivity index (χ1v) is 12.7. The highest BCUT2D eigenvalue weighted by Gasteiger charge is 2.48. The summed E-state index contributed by atoms with van der Waals surface area (Å²) >= 11 is 5.85. The van der Waals surface area contributed by atoms with Gasteiger partial charge in [-0.2, -0.15) is 0 Å². The van der Waals surface area contributed by atoms with Gasteiger partial charge in [-0.25, -0.2) is 9.37 Å². The lowest BCUT2D eigenvalue weighted by Crippen LogP contribution is -2.36. The number of hydrogen-bond donors (Lipinski definition) is 4. The normalized spacial score (nSPS) is 23.8. The second-order valence-electron chi connectivity index (χ2n) is 10.7. The van der Waals surface area contributed by atoms with Crippen LogP contribution < -0.4 is 11.1 Å². The van der Waals surface area contributed by atoms with Crippen molar-refractivity contribution in [3.05, 3.63) is 64.8 Å². The van der Waals surface area contributed by atoms with Gasteiger partial charge < -0.3 is 30.6 Å². The molecule has 5 N–H and O–H groups in total. The van der Waals surface area contributed by atoms with Crippen LogP contribution in [-0.2, 0) is 11.8 Å². The molecule has 2 aliphatic carbocycles. The van der Waals surface area contributed by atoms with Gasteiger partial charge in [0.15, 0.2) is 5.88 Å². The summed E-state index contributed by atoms with van der Waals surface area (Å²) in [6, 6.07) is 3.99. The average molecular weight is 546 g/mol. The highest BCUT2D eigenvalue weighted by Crippen LogP contribution is 2.50. The Morgan fingerprint density at radius 2 is 2.18 bits per heavy atom. The number of ether oxygens (including phenoxy) is 1. The Balaban J connectivity index is 1.50. The van der Waals surface area contributed by atoms with E-state index in [1.165, 1.54) is 24.3 Å². The van der Waals surface area contributed by atoms with E-state index in [4.69, 9.17) is 22.1 Å². The van der Waals surface area contributed by atoms with Gasteiger partial charge in [0.2, 0.25) is 0 Å². The monoisotopic (exact) mass is 545 g/mol. The number of nitrogens with two attached hydrogens (primary N) is 1. The fraction of sp³-hybridized carbons (Fsp3) is 0.444. The van der Waals surface area contributed by atoms with Crippen LogP contribution in [0.4, 0.5) is 10.1 Å². The third kappa shape index (κ3) is 5.92. The van der Waals surface area contributed by atoms with Crippen molar-refractivity contribution in [1.82, 2.24) is 9.55 Å². The number of carbonyl (C=O) groups excluding carboxylic acids is 1. The second-order valence-corrected chi connectivity index (χ2v) is 11.1.